The Hall–Kier alpha value is -2.03. The largest absolute Gasteiger partial charge is 0.472 e. The van der Waals surface area contributed by atoms with Crippen molar-refractivity contribution in [3.63, 3.8) is 0 Å². The lowest BCUT2D eigenvalue weighted by molar-refractivity contribution is -0.870. The number of nitrogens with one attached hydrogen (secondary N) is 1. The molecule has 0 aliphatic heterocycles. The molecule has 10 heteroatoms. The van der Waals surface area contributed by atoms with E-state index in [9.17, 15) is 19.0 Å². The van der Waals surface area contributed by atoms with E-state index in [1.165, 1.54) is 218 Å². The van der Waals surface area contributed by atoms with Gasteiger partial charge >= 0.3 is 13.8 Å². The first-order valence-electron chi connectivity index (χ1n) is 33.5. The summed E-state index contributed by atoms with van der Waals surface area (Å²) in [6.45, 7) is 7.03. The van der Waals surface area contributed by atoms with Gasteiger partial charge in [-0.1, -0.05) is 288 Å². The minimum Gasteiger partial charge on any atom is -0.456 e. The van der Waals surface area contributed by atoms with Crippen LogP contribution in [0.5, 0.6) is 0 Å². The monoisotopic (exact) mass is 1120 g/mol. The van der Waals surface area contributed by atoms with Crippen LogP contribution in [0.25, 0.3) is 0 Å². The molecular weight excluding hydrogens is 988 g/mol. The second kappa shape index (κ2) is 58.2. The van der Waals surface area contributed by atoms with Gasteiger partial charge in [-0.3, -0.25) is 18.6 Å². The Bertz CT molecular complexity index is 1470. The quantitative estimate of drug-likeness (QED) is 0.0205. The molecule has 0 aromatic carbocycles. The number of hydrogen-bond acceptors (Lipinski definition) is 6. The van der Waals surface area contributed by atoms with Crippen LogP contribution in [0, 0.1) is 0 Å². The van der Waals surface area contributed by atoms with Crippen molar-refractivity contribution in [3.8, 4) is 0 Å². The number of amides is 1. The molecule has 0 aromatic rings. The van der Waals surface area contributed by atoms with Crippen LogP contribution in [0.1, 0.15) is 323 Å². The Morgan fingerprint density at radius 2 is 0.782 bits per heavy atom. The van der Waals surface area contributed by atoms with E-state index >= 15 is 0 Å². The number of quaternary nitrogens is 1. The number of ether oxygens (including phenoxy) is 1. The van der Waals surface area contributed by atoms with Crippen molar-refractivity contribution >= 4 is 19.7 Å². The number of unbranched alkanes of at least 4 members (excludes halogenated alkanes) is 39. The van der Waals surface area contributed by atoms with Crippen LogP contribution in [0.2, 0.25) is 0 Å². The Balaban J connectivity index is 5.16. The first kappa shape index (κ1) is 76.0. The number of phosphoric ester groups is 1. The second-order valence-corrected chi connectivity index (χ2v) is 25.5. The van der Waals surface area contributed by atoms with Gasteiger partial charge in [-0.2, -0.15) is 0 Å². The van der Waals surface area contributed by atoms with Gasteiger partial charge in [0, 0.05) is 12.8 Å². The second-order valence-electron chi connectivity index (χ2n) is 24.0. The highest BCUT2D eigenvalue weighted by atomic mass is 31.2. The molecule has 0 spiro atoms. The summed E-state index contributed by atoms with van der Waals surface area (Å²) >= 11 is 0. The third-order valence-electron chi connectivity index (χ3n) is 15.0. The lowest BCUT2D eigenvalue weighted by Crippen LogP contribution is -2.47. The van der Waals surface area contributed by atoms with Crippen molar-refractivity contribution in [2.75, 3.05) is 40.9 Å². The summed E-state index contributed by atoms with van der Waals surface area (Å²) in [4.78, 5) is 37.8. The maximum Gasteiger partial charge on any atom is 0.472 e. The molecule has 0 saturated heterocycles. The highest BCUT2D eigenvalue weighted by molar-refractivity contribution is 7.47. The molecule has 3 atom stereocenters. The number of carbonyl (C=O) groups excluding carboxylic acids is 2. The van der Waals surface area contributed by atoms with Gasteiger partial charge < -0.3 is 19.4 Å². The van der Waals surface area contributed by atoms with Crippen molar-refractivity contribution in [1.29, 1.82) is 0 Å². The van der Waals surface area contributed by atoms with E-state index in [1.54, 1.807) is 0 Å². The van der Waals surface area contributed by atoms with E-state index in [-0.39, 0.29) is 31.5 Å². The molecule has 0 bridgehead atoms. The van der Waals surface area contributed by atoms with Crippen molar-refractivity contribution in [1.82, 2.24) is 5.32 Å². The summed E-state index contributed by atoms with van der Waals surface area (Å²) < 4.78 is 30.8. The maximum atomic E-state index is 13.6. The molecular formula is C68H130N2O7P+. The van der Waals surface area contributed by atoms with Crippen molar-refractivity contribution in [2.24, 2.45) is 0 Å². The molecule has 0 heterocycles. The van der Waals surface area contributed by atoms with Gasteiger partial charge in [0.25, 0.3) is 0 Å². The molecule has 0 saturated carbocycles. The first-order chi connectivity index (χ1) is 37.9. The SMILES string of the molecule is CCCCC/C=C\C/C=C\C/C=C\CCCCCCCCCCCCC(=O)OC(/C=C/CCCCCCCCCCCCC)C(COP(=O)(O)OCC[N+](C)(C)C)NC(=O)CCCCCCCCCCCCCCCCCC. The number of hydrogen-bond donors (Lipinski definition) is 2. The van der Waals surface area contributed by atoms with Gasteiger partial charge in [-0.25, -0.2) is 4.57 Å². The van der Waals surface area contributed by atoms with E-state index in [4.69, 9.17) is 13.8 Å². The number of rotatable bonds is 61. The molecule has 0 aliphatic rings. The minimum atomic E-state index is -4.45. The van der Waals surface area contributed by atoms with Crippen LogP contribution in [-0.2, 0) is 27.9 Å². The van der Waals surface area contributed by atoms with E-state index in [1.807, 2.05) is 33.3 Å². The predicted molar refractivity (Wildman–Crippen MR) is 337 cm³/mol. The lowest BCUT2D eigenvalue weighted by Gasteiger charge is -2.27. The highest BCUT2D eigenvalue weighted by Gasteiger charge is 2.30. The molecule has 0 rings (SSSR count). The maximum absolute atomic E-state index is 13.6. The predicted octanol–water partition coefficient (Wildman–Crippen LogP) is 20.8. The van der Waals surface area contributed by atoms with Crippen LogP contribution in [0.15, 0.2) is 48.6 Å². The standard InChI is InChI=1S/C68H129N2O7P/c1-7-10-13-16-19-22-25-28-30-32-33-34-35-36-37-38-40-43-46-49-52-55-58-61-68(72)77-66(59-56-53-50-47-44-41-27-24-21-18-15-12-9-3)65(64-76-78(73,74)75-63-62-70(4,5)6)69-67(71)60-57-54-51-48-45-42-39-31-29-26-23-20-17-14-11-8-2/h19,22,28,30,33-34,56,59,65-66H,7-18,20-21,23-27,29,31-32,35-55,57-58,60-64H2,1-6H3,(H-,69,71,73,74)/p+1/b22-19-,30-28-,34-33-,59-56+. The smallest absolute Gasteiger partial charge is 0.456 e. The van der Waals surface area contributed by atoms with Crippen LogP contribution >= 0.6 is 7.82 Å². The highest BCUT2D eigenvalue weighted by Crippen LogP contribution is 2.43. The molecule has 78 heavy (non-hydrogen) atoms. The van der Waals surface area contributed by atoms with Crippen molar-refractivity contribution in [2.45, 2.75) is 335 Å². The average Bonchev–Trinajstić information content (AvgIpc) is 3.40. The molecule has 1 amide bonds. The average molecular weight is 1120 g/mol. The number of nitrogens with zero attached hydrogens (tertiary/aromatic N) is 1. The number of carbonyl (C=O) groups is 2. The van der Waals surface area contributed by atoms with E-state index in [0.29, 0.717) is 17.4 Å². The summed E-state index contributed by atoms with van der Waals surface area (Å²) in [7, 11) is 1.51. The molecule has 0 fully saturated rings. The van der Waals surface area contributed by atoms with Crippen LogP contribution < -0.4 is 5.32 Å². The molecule has 0 aliphatic carbocycles. The summed E-state index contributed by atoms with van der Waals surface area (Å²) in [5.41, 5.74) is 0. The van der Waals surface area contributed by atoms with E-state index in [0.717, 1.165) is 70.6 Å². The van der Waals surface area contributed by atoms with E-state index < -0.39 is 20.0 Å². The van der Waals surface area contributed by atoms with Crippen LogP contribution in [-0.4, -0.2) is 74.3 Å². The van der Waals surface area contributed by atoms with E-state index in [2.05, 4.69) is 62.5 Å². The molecule has 2 N–H and O–H groups in total. The van der Waals surface area contributed by atoms with Gasteiger partial charge in [0.15, 0.2) is 0 Å². The Labute approximate surface area is 484 Å². The zero-order chi connectivity index (χ0) is 57.2. The zero-order valence-electron chi connectivity index (χ0n) is 52.4. The van der Waals surface area contributed by atoms with Crippen molar-refractivity contribution < 1.29 is 37.3 Å². The van der Waals surface area contributed by atoms with Gasteiger partial charge in [-0.05, 0) is 70.3 Å². The van der Waals surface area contributed by atoms with Crippen molar-refractivity contribution in [3.05, 3.63) is 48.6 Å². The number of likely N-dealkylation sites (N-methyl/N-ethyl adjacent to an activating group) is 1. The molecule has 0 radical (unpaired) electrons. The van der Waals surface area contributed by atoms with Gasteiger partial charge in [0.05, 0.1) is 33.8 Å². The Kier molecular flexibility index (Phi) is 56.7. The fourth-order valence-electron chi connectivity index (χ4n) is 9.83. The zero-order valence-corrected chi connectivity index (χ0v) is 53.3. The third kappa shape index (κ3) is 58.6. The molecule has 458 valence electrons. The topological polar surface area (TPSA) is 111 Å². The Morgan fingerprint density at radius 1 is 0.449 bits per heavy atom. The van der Waals surface area contributed by atoms with Crippen LogP contribution in [0.4, 0.5) is 0 Å². The third-order valence-corrected chi connectivity index (χ3v) is 16.0. The summed E-state index contributed by atoms with van der Waals surface area (Å²) in [5, 5.41) is 3.07. The van der Waals surface area contributed by atoms with Gasteiger partial charge in [-0.15, -0.1) is 0 Å². The fourth-order valence-corrected chi connectivity index (χ4v) is 10.6. The van der Waals surface area contributed by atoms with Gasteiger partial charge in [0.2, 0.25) is 5.91 Å². The van der Waals surface area contributed by atoms with Gasteiger partial charge in [0.1, 0.15) is 19.3 Å². The van der Waals surface area contributed by atoms with Crippen LogP contribution in [0.3, 0.4) is 0 Å². The molecule has 3 unspecified atom stereocenters. The number of allylic oxidation sites excluding steroid dienone is 7. The minimum absolute atomic E-state index is 0.0413. The Morgan fingerprint density at radius 3 is 1.19 bits per heavy atom. The summed E-state index contributed by atoms with van der Waals surface area (Å²) in [6.07, 6.45) is 72.5. The molecule has 0 aromatic heterocycles. The lowest BCUT2D eigenvalue weighted by atomic mass is 10.0. The summed E-state index contributed by atoms with van der Waals surface area (Å²) in [6, 6.07) is -0.847. The number of esters is 1. The molecule has 9 nitrogen and oxygen atoms in total. The fraction of sp³-hybridized carbons (Fsp3) is 0.853. The number of phosphoric acid groups is 1. The normalized spacial score (nSPS) is 13.9. The first-order valence-corrected chi connectivity index (χ1v) is 35.0. The summed E-state index contributed by atoms with van der Waals surface area (Å²) in [5.74, 6) is -0.495.